The highest BCUT2D eigenvalue weighted by Crippen LogP contribution is 2.34. The van der Waals surface area contributed by atoms with Crippen LogP contribution < -0.4 is 4.74 Å². The Morgan fingerprint density at radius 1 is 1.15 bits per heavy atom. The third-order valence-corrected chi connectivity index (χ3v) is 6.29. The van der Waals surface area contributed by atoms with E-state index in [0.717, 1.165) is 11.1 Å². The van der Waals surface area contributed by atoms with Crippen LogP contribution in [-0.2, 0) is 27.7 Å². The van der Waals surface area contributed by atoms with Crippen molar-refractivity contribution in [3.63, 3.8) is 0 Å². The second-order valence-corrected chi connectivity index (χ2v) is 7.78. The van der Waals surface area contributed by atoms with Crippen molar-refractivity contribution in [3.05, 3.63) is 53.1 Å². The second-order valence-electron chi connectivity index (χ2n) is 5.87. The molecule has 1 aliphatic heterocycles. The van der Waals surface area contributed by atoms with Crippen LogP contribution >= 0.6 is 0 Å². The van der Waals surface area contributed by atoms with Gasteiger partial charge in [0, 0.05) is 13.1 Å². The number of fused-ring (bicyclic) bond motifs is 1. The first-order valence-electron chi connectivity index (χ1n) is 7.94. The average molecular weight is 377 g/mol. The van der Waals surface area contributed by atoms with E-state index < -0.39 is 16.0 Å². The summed E-state index contributed by atoms with van der Waals surface area (Å²) < 4.78 is 37.3. The number of carbonyl (C=O) groups excluding carboxylic acids is 1. The minimum Gasteiger partial charge on any atom is -0.504 e. The van der Waals surface area contributed by atoms with Gasteiger partial charge in [-0.05, 0) is 41.8 Å². The lowest BCUT2D eigenvalue weighted by Crippen LogP contribution is -2.36. The zero-order chi connectivity index (χ0) is 18.9. The van der Waals surface area contributed by atoms with Crippen molar-refractivity contribution in [2.45, 2.75) is 17.9 Å². The van der Waals surface area contributed by atoms with Crippen molar-refractivity contribution >= 4 is 16.0 Å². The molecule has 0 aliphatic carbocycles. The first-order chi connectivity index (χ1) is 12.4. The summed E-state index contributed by atoms with van der Waals surface area (Å²) in [6.45, 7) is 0.375. The summed E-state index contributed by atoms with van der Waals surface area (Å²) in [4.78, 5) is 11.9. The number of rotatable bonds is 4. The summed E-state index contributed by atoms with van der Waals surface area (Å²) in [5, 5.41) is 9.89. The Kier molecular flexibility index (Phi) is 4.88. The Balaban J connectivity index is 1.99. The van der Waals surface area contributed by atoms with E-state index in [0.29, 0.717) is 6.42 Å². The van der Waals surface area contributed by atoms with E-state index in [9.17, 15) is 18.3 Å². The number of esters is 1. The molecule has 0 radical (unpaired) electrons. The van der Waals surface area contributed by atoms with Gasteiger partial charge in [-0.25, -0.2) is 13.2 Å². The lowest BCUT2D eigenvalue weighted by atomic mass is 10.0. The minimum absolute atomic E-state index is 0.00378. The highest BCUT2D eigenvalue weighted by Gasteiger charge is 2.32. The monoisotopic (exact) mass is 377 g/mol. The normalized spacial score (nSPS) is 14.5. The Morgan fingerprint density at radius 3 is 2.58 bits per heavy atom. The number of ether oxygens (including phenoxy) is 2. The van der Waals surface area contributed by atoms with E-state index in [1.54, 1.807) is 24.3 Å². The topological polar surface area (TPSA) is 93.1 Å². The third-order valence-electron chi connectivity index (χ3n) is 4.39. The molecule has 0 aromatic heterocycles. The van der Waals surface area contributed by atoms with Crippen molar-refractivity contribution in [1.82, 2.24) is 4.31 Å². The van der Waals surface area contributed by atoms with E-state index in [1.807, 2.05) is 0 Å². The number of sulfonamides is 1. The lowest BCUT2D eigenvalue weighted by molar-refractivity contribution is 0.0596. The van der Waals surface area contributed by atoms with E-state index in [4.69, 9.17) is 9.47 Å². The zero-order valence-electron chi connectivity index (χ0n) is 14.4. The molecule has 138 valence electrons. The van der Waals surface area contributed by atoms with Crippen LogP contribution in [0.4, 0.5) is 0 Å². The standard InChI is InChI=1S/C18H19NO6S/c1-24-16-10-13-11-19(8-7-12(13)9-15(16)20)26(22,23)17-6-4-3-5-14(17)18(21)25-2/h3-6,9-10,20H,7-8,11H2,1-2H3. The molecule has 0 saturated heterocycles. The fourth-order valence-corrected chi connectivity index (χ4v) is 4.62. The molecule has 3 rings (SSSR count). The predicted molar refractivity (Wildman–Crippen MR) is 93.7 cm³/mol. The molecule has 1 N–H and O–H groups in total. The van der Waals surface area contributed by atoms with E-state index in [-0.39, 0.29) is 35.0 Å². The van der Waals surface area contributed by atoms with Crippen molar-refractivity contribution < 1.29 is 27.8 Å². The van der Waals surface area contributed by atoms with Crippen LogP contribution in [0.2, 0.25) is 0 Å². The molecule has 7 nitrogen and oxygen atoms in total. The van der Waals surface area contributed by atoms with Gasteiger partial charge in [0.05, 0.1) is 24.7 Å². The molecule has 0 fully saturated rings. The number of benzene rings is 2. The lowest BCUT2D eigenvalue weighted by Gasteiger charge is -2.29. The van der Waals surface area contributed by atoms with Gasteiger partial charge in [0.15, 0.2) is 11.5 Å². The maximum absolute atomic E-state index is 13.1. The Morgan fingerprint density at radius 2 is 1.88 bits per heavy atom. The van der Waals surface area contributed by atoms with Crippen molar-refractivity contribution in [2.75, 3.05) is 20.8 Å². The van der Waals surface area contributed by atoms with Crippen molar-refractivity contribution in [2.24, 2.45) is 0 Å². The number of hydrogen-bond acceptors (Lipinski definition) is 6. The molecule has 0 atom stereocenters. The van der Waals surface area contributed by atoms with Gasteiger partial charge in [0.1, 0.15) is 0 Å². The van der Waals surface area contributed by atoms with E-state index in [2.05, 4.69) is 0 Å². The number of hydrogen-bond donors (Lipinski definition) is 1. The van der Waals surface area contributed by atoms with Gasteiger partial charge in [0.25, 0.3) is 0 Å². The largest absolute Gasteiger partial charge is 0.504 e. The fraction of sp³-hybridized carbons (Fsp3) is 0.278. The Labute approximate surface area is 151 Å². The molecule has 2 aromatic rings. The maximum atomic E-state index is 13.1. The van der Waals surface area contributed by atoms with Gasteiger partial charge in [-0.1, -0.05) is 12.1 Å². The summed E-state index contributed by atoms with van der Waals surface area (Å²) in [7, 11) is -1.25. The van der Waals surface area contributed by atoms with Crippen LogP contribution in [0.25, 0.3) is 0 Å². The smallest absolute Gasteiger partial charge is 0.339 e. The van der Waals surface area contributed by atoms with Gasteiger partial charge < -0.3 is 14.6 Å². The van der Waals surface area contributed by atoms with Gasteiger partial charge in [-0.15, -0.1) is 0 Å². The summed E-state index contributed by atoms with van der Waals surface area (Å²) in [6, 6.07) is 9.22. The highest BCUT2D eigenvalue weighted by molar-refractivity contribution is 7.89. The Bertz CT molecular complexity index is 954. The van der Waals surface area contributed by atoms with Crippen molar-refractivity contribution in [3.8, 4) is 11.5 Å². The van der Waals surface area contributed by atoms with Crippen LogP contribution in [0.15, 0.2) is 41.3 Å². The van der Waals surface area contributed by atoms with Crippen LogP contribution in [0.3, 0.4) is 0 Å². The maximum Gasteiger partial charge on any atom is 0.339 e. The molecule has 1 heterocycles. The third kappa shape index (κ3) is 3.13. The Hall–Kier alpha value is -2.58. The molecule has 0 spiro atoms. The average Bonchev–Trinajstić information content (AvgIpc) is 2.66. The molecule has 1 aliphatic rings. The number of methoxy groups -OCH3 is 2. The fourth-order valence-electron chi connectivity index (χ4n) is 3.03. The second kappa shape index (κ2) is 6.97. The van der Waals surface area contributed by atoms with Crippen LogP contribution in [0, 0.1) is 0 Å². The van der Waals surface area contributed by atoms with Gasteiger partial charge in [-0.2, -0.15) is 4.31 Å². The van der Waals surface area contributed by atoms with Crippen LogP contribution in [-0.4, -0.2) is 44.6 Å². The molecule has 26 heavy (non-hydrogen) atoms. The molecular weight excluding hydrogens is 358 g/mol. The number of phenols is 1. The number of carbonyl (C=O) groups is 1. The molecule has 0 bridgehead atoms. The number of aromatic hydroxyl groups is 1. The molecule has 0 amide bonds. The zero-order valence-corrected chi connectivity index (χ0v) is 15.2. The first-order valence-corrected chi connectivity index (χ1v) is 9.38. The van der Waals surface area contributed by atoms with E-state index in [1.165, 1.54) is 30.7 Å². The van der Waals surface area contributed by atoms with Crippen LogP contribution in [0.5, 0.6) is 11.5 Å². The minimum atomic E-state index is -3.89. The number of nitrogens with zero attached hydrogens (tertiary/aromatic N) is 1. The van der Waals surface area contributed by atoms with Crippen LogP contribution in [0.1, 0.15) is 21.5 Å². The molecule has 2 aromatic carbocycles. The SMILES string of the molecule is COC(=O)c1ccccc1S(=O)(=O)N1CCc2cc(O)c(OC)cc2C1. The summed E-state index contributed by atoms with van der Waals surface area (Å²) in [5.74, 6) is -0.385. The molecular formula is C18H19NO6S. The molecule has 8 heteroatoms. The molecule has 0 unspecified atom stereocenters. The van der Waals surface area contributed by atoms with Gasteiger partial charge in [-0.3, -0.25) is 0 Å². The molecule has 0 saturated carbocycles. The quantitative estimate of drug-likeness (QED) is 0.819. The summed E-state index contributed by atoms with van der Waals surface area (Å²) in [5.41, 5.74) is 1.63. The highest BCUT2D eigenvalue weighted by atomic mass is 32.2. The van der Waals surface area contributed by atoms with Gasteiger partial charge >= 0.3 is 5.97 Å². The van der Waals surface area contributed by atoms with Crippen molar-refractivity contribution in [1.29, 1.82) is 0 Å². The first kappa shape index (κ1) is 18.2. The predicted octanol–water partition coefficient (Wildman–Crippen LogP) is 1.93. The summed E-state index contributed by atoms with van der Waals surface area (Å²) >= 11 is 0. The van der Waals surface area contributed by atoms with Gasteiger partial charge in [0.2, 0.25) is 10.0 Å². The summed E-state index contributed by atoms with van der Waals surface area (Å²) in [6.07, 6.45) is 0.451. The van der Waals surface area contributed by atoms with E-state index >= 15 is 0 Å². The number of phenolic OH excluding ortho intramolecular Hbond substituents is 1.